The number of rotatable bonds is 6. The average Bonchev–Trinajstić information content (AvgIpc) is 2.71. The van der Waals surface area contributed by atoms with Crippen LogP contribution >= 0.6 is 15.9 Å². The molecule has 0 aliphatic rings. The normalized spacial score (nSPS) is 11.1. The maximum absolute atomic E-state index is 12.8. The molecule has 0 aliphatic heterocycles. The molecule has 0 amide bonds. The first-order valence-corrected chi connectivity index (χ1v) is 9.56. The highest BCUT2D eigenvalue weighted by molar-refractivity contribution is 9.10. The molecule has 1 heterocycles. The summed E-state index contributed by atoms with van der Waals surface area (Å²) in [4.78, 5) is 4.03. The van der Waals surface area contributed by atoms with E-state index in [1.807, 2.05) is 18.2 Å². The SMILES string of the molecule is N#Cc1ccc(CCc2ccc(C(F)(F)F)cc2Br)cc1OCc1cccnc1. The van der Waals surface area contributed by atoms with E-state index in [-0.39, 0.29) is 6.61 Å². The molecule has 0 radical (unpaired) electrons. The van der Waals surface area contributed by atoms with Crippen molar-refractivity contribution in [2.45, 2.75) is 25.6 Å². The molecule has 0 saturated heterocycles. The molecule has 0 unspecified atom stereocenters. The van der Waals surface area contributed by atoms with Gasteiger partial charge in [0.15, 0.2) is 0 Å². The number of ether oxygens (including phenoxy) is 1. The van der Waals surface area contributed by atoms with Gasteiger partial charge in [-0.25, -0.2) is 0 Å². The number of alkyl halides is 3. The Kier molecular flexibility index (Phi) is 6.55. The molecule has 0 atom stereocenters. The number of aromatic nitrogens is 1. The molecule has 7 heteroatoms. The topological polar surface area (TPSA) is 45.9 Å². The summed E-state index contributed by atoms with van der Waals surface area (Å²) in [6.07, 6.45) is 0.141. The van der Waals surface area contributed by atoms with Crippen LogP contribution in [0, 0.1) is 11.3 Å². The maximum atomic E-state index is 12.8. The Morgan fingerprint density at radius 3 is 2.52 bits per heavy atom. The van der Waals surface area contributed by atoms with Gasteiger partial charge < -0.3 is 4.74 Å². The van der Waals surface area contributed by atoms with Crippen LogP contribution in [0.2, 0.25) is 0 Å². The molecule has 148 valence electrons. The Bertz CT molecular complexity index is 1030. The number of aryl methyl sites for hydroxylation is 2. The van der Waals surface area contributed by atoms with Crippen LogP contribution in [-0.2, 0) is 25.6 Å². The van der Waals surface area contributed by atoms with Crippen molar-refractivity contribution in [2.24, 2.45) is 0 Å². The van der Waals surface area contributed by atoms with Gasteiger partial charge >= 0.3 is 6.18 Å². The number of hydrogen-bond donors (Lipinski definition) is 0. The lowest BCUT2D eigenvalue weighted by molar-refractivity contribution is -0.137. The summed E-state index contributed by atoms with van der Waals surface area (Å²) in [5.41, 5.74) is 2.33. The van der Waals surface area contributed by atoms with Crippen molar-refractivity contribution in [1.82, 2.24) is 4.98 Å². The highest BCUT2D eigenvalue weighted by Gasteiger charge is 2.30. The molecule has 0 fully saturated rings. The molecule has 0 aliphatic carbocycles. The fourth-order valence-corrected chi connectivity index (χ4v) is 3.36. The van der Waals surface area contributed by atoms with E-state index in [4.69, 9.17) is 4.74 Å². The zero-order chi connectivity index (χ0) is 20.9. The van der Waals surface area contributed by atoms with Crippen molar-refractivity contribution < 1.29 is 17.9 Å². The second-order valence-electron chi connectivity index (χ2n) is 6.40. The quantitative estimate of drug-likeness (QED) is 0.446. The Balaban J connectivity index is 1.71. The number of pyridine rings is 1. The van der Waals surface area contributed by atoms with E-state index < -0.39 is 11.7 Å². The molecular weight excluding hydrogens is 445 g/mol. The van der Waals surface area contributed by atoms with Crippen molar-refractivity contribution in [3.05, 3.63) is 93.2 Å². The van der Waals surface area contributed by atoms with Crippen molar-refractivity contribution in [3.63, 3.8) is 0 Å². The molecule has 0 N–H and O–H groups in total. The Morgan fingerprint density at radius 1 is 1.03 bits per heavy atom. The first-order chi connectivity index (χ1) is 13.9. The first-order valence-electron chi connectivity index (χ1n) is 8.77. The molecule has 0 saturated carbocycles. The number of nitriles is 1. The minimum Gasteiger partial charge on any atom is -0.487 e. The van der Waals surface area contributed by atoms with Crippen molar-refractivity contribution >= 4 is 15.9 Å². The second kappa shape index (κ2) is 9.10. The summed E-state index contributed by atoms with van der Waals surface area (Å²) in [5.74, 6) is 0.473. The molecule has 3 nitrogen and oxygen atoms in total. The van der Waals surface area contributed by atoms with Crippen LogP contribution in [0.15, 0.2) is 65.4 Å². The molecular formula is C22H16BrF3N2O. The smallest absolute Gasteiger partial charge is 0.416 e. The van der Waals surface area contributed by atoms with Crippen LogP contribution in [0.4, 0.5) is 13.2 Å². The highest BCUT2D eigenvalue weighted by atomic mass is 79.9. The van der Waals surface area contributed by atoms with E-state index in [0.717, 1.165) is 28.8 Å². The molecule has 0 spiro atoms. The lowest BCUT2D eigenvalue weighted by atomic mass is 10.0. The van der Waals surface area contributed by atoms with E-state index in [2.05, 4.69) is 27.0 Å². The lowest BCUT2D eigenvalue weighted by Crippen LogP contribution is -2.05. The number of halogens is 4. The van der Waals surface area contributed by atoms with E-state index in [1.54, 1.807) is 24.5 Å². The molecule has 2 aromatic carbocycles. The van der Waals surface area contributed by atoms with E-state index in [1.165, 1.54) is 6.07 Å². The lowest BCUT2D eigenvalue weighted by Gasteiger charge is -2.12. The second-order valence-corrected chi connectivity index (χ2v) is 7.25. The molecule has 29 heavy (non-hydrogen) atoms. The van der Waals surface area contributed by atoms with Gasteiger partial charge in [-0.05, 0) is 54.3 Å². The van der Waals surface area contributed by atoms with E-state index >= 15 is 0 Å². The van der Waals surface area contributed by atoms with Crippen LogP contribution in [0.3, 0.4) is 0 Å². The molecule has 3 rings (SSSR count). The van der Waals surface area contributed by atoms with Gasteiger partial charge in [0.1, 0.15) is 18.4 Å². The first kappa shape index (κ1) is 20.9. The largest absolute Gasteiger partial charge is 0.487 e. The molecule has 3 aromatic rings. The minimum absolute atomic E-state index is 0.288. The van der Waals surface area contributed by atoms with Crippen molar-refractivity contribution in [1.29, 1.82) is 5.26 Å². The van der Waals surface area contributed by atoms with Crippen LogP contribution in [0.1, 0.15) is 27.8 Å². The molecule has 0 bridgehead atoms. The van der Waals surface area contributed by atoms with Gasteiger partial charge in [0.25, 0.3) is 0 Å². The third-order valence-corrected chi connectivity index (χ3v) is 5.09. The summed E-state index contributed by atoms with van der Waals surface area (Å²) in [7, 11) is 0. The van der Waals surface area contributed by atoms with Gasteiger partial charge in [0.05, 0.1) is 11.1 Å². The minimum atomic E-state index is -4.37. The summed E-state index contributed by atoms with van der Waals surface area (Å²) >= 11 is 3.23. The third-order valence-electron chi connectivity index (χ3n) is 4.35. The summed E-state index contributed by atoms with van der Waals surface area (Å²) in [6, 6.07) is 14.8. The third kappa shape index (κ3) is 5.58. The molecule has 1 aromatic heterocycles. The number of benzene rings is 2. The zero-order valence-corrected chi connectivity index (χ0v) is 16.8. The predicted molar refractivity (Wildman–Crippen MR) is 106 cm³/mol. The summed E-state index contributed by atoms with van der Waals surface area (Å²) < 4.78 is 44.6. The number of hydrogen-bond acceptors (Lipinski definition) is 3. The zero-order valence-electron chi connectivity index (χ0n) is 15.2. The van der Waals surface area contributed by atoms with Gasteiger partial charge in [0.2, 0.25) is 0 Å². The van der Waals surface area contributed by atoms with Gasteiger partial charge in [-0.2, -0.15) is 18.4 Å². The average molecular weight is 461 g/mol. The van der Waals surface area contributed by atoms with Crippen LogP contribution in [-0.4, -0.2) is 4.98 Å². The number of nitrogens with zero attached hydrogens (tertiary/aromatic N) is 2. The van der Waals surface area contributed by atoms with Gasteiger partial charge in [-0.1, -0.05) is 34.1 Å². The standard InChI is InChI=1S/C22H16BrF3N2O/c23-20-11-19(22(24,25)26)8-7-17(20)5-3-15-4-6-18(12-27)21(10-15)29-14-16-2-1-9-28-13-16/h1-2,4,6-11,13H,3,5,14H2. The van der Waals surface area contributed by atoms with Gasteiger partial charge in [-0.3, -0.25) is 4.98 Å². The van der Waals surface area contributed by atoms with Crippen LogP contribution in [0.25, 0.3) is 0 Å². The summed E-state index contributed by atoms with van der Waals surface area (Å²) in [5, 5.41) is 9.30. The monoisotopic (exact) mass is 460 g/mol. The van der Waals surface area contributed by atoms with E-state index in [9.17, 15) is 18.4 Å². The van der Waals surface area contributed by atoms with Crippen molar-refractivity contribution in [2.75, 3.05) is 0 Å². The Labute approximate surface area is 174 Å². The fourth-order valence-electron chi connectivity index (χ4n) is 2.78. The Hall–Kier alpha value is -2.85. The van der Waals surface area contributed by atoms with Crippen molar-refractivity contribution in [3.8, 4) is 11.8 Å². The Morgan fingerprint density at radius 2 is 1.86 bits per heavy atom. The highest BCUT2D eigenvalue weighted by Crippen LogP contribution is 2.32. The predicted octanol–water partition coefficient (Wildman–Crippen LogP) is 6.10. The maximum Gasteiger partial charge on any atom is 0.416 e. The van der Waals surface area contributed by atoms with Gasteiger partial charge in [0, 0.05) is 22.4 Å². The van der Waals surface area contributed by atoms with Gasteiger partial charge in [-0.15, -0.1) is 0 Å². The van der Waals surface area contributed by atoms with E-state index in [0.29, 0.717) is 28.6 Å². The van der Waals surface area contributed by atoms with Crippen LogP contribution < -0.4 is 4.74 Å². The summed E-state index contributed by atoms with van der Waals surface area (Å²) in [6.45, 7) is 0.288. The fraction of sp³-hybridized carbons (Fsp3) is 0.182. The van der Waals surface area contributed by atoms with Crippen LogP contribution in [0.5, 0.6) is 5.75 Å².